The molecule has 0 bridgehead atoms. The number of primary sulfonamides is 1. The molecule has 0 radical (unpaired) electrons. The SMILES string of the molecule is NS(=O)(=O)c1ccc(S(=O)(=O)NC2CCOC2)cc1. The first-order valence-electron chi connectivity index (χ1n) is 5.52. The number of nitrogens with two attached hydrogens (primary N) is 1. The Labute approximate surface area is 111 Å². The summed E-state index contributed by atoms with van der Waals surface area (Å²) in [5.74, 6) is 0. The van der Waals surface area contributed by atoms with Crippen LogP contribution in [-0.4, -0.2) is 36.1 Å². The van der Waals surface area contributed by atoms with E-state index in [9.17, 15) is 16.8 Å². The minimum atomic E-state index is -3.82. The smallest absolute Gasteiger partial charge is 0.240 e. The normalized spacial score (nSPS) is 20.6. The second-order valence-corrected chi connectivity index (χ2v) is 7.47. The molecule has 0 aliphatic carbocycles. The van der Waals surface area contributed by atoms with Gasteiger partial charge in [-0.1, -0.05) is 0 Å². The minimum absolute atomic E-state index is 0.00759. The third-order valence-electron chi connectivity index (χ3n) is 2.71. The molecule has 9 heteroatoms. The molecule has 1 aromatic carbocycles. The summed E-state index contributed by atoms with van der Waals surface area (Å²) in [4.78, 5) is -0.137. The predicted octanol–water partition coefficient (Wildman–Crippen LogP) is -0.599. The van der Waals surface area contributed by atoms with Gasteiger partial charge in [0, 0.05) is 12.6 Å². The predicted molar refractivity (Wildman–Crippen MR) is 67.4 cm³/mol. The van der Waals surface area contributed by atoms with E-state index in [0.29, 0.717) is 19.6 Å². The van der Waals surface area contributed by atoms with Gasteiger partial charge in [-0.25, -0.2) is 26.7 Å². The summed E-state index contributed by atoms with van der Waals surface area (Å²) < 4.78 is 53.7. The molecule has 1 aromatic rings. The van der Waals surface area contributed by atoms with Crippen molar-refractivity contribution in [2.24, 2.45) is 5.14 Å². The van der Waals surface area contributed by atoms with Gasteiger partial charge in [0.25, 0.3) is 0 Å². The van der Waals surface area contributed by atoms with Gasteiger partial charge in [0.05, 0.1) is 16.4 Å². The second-order valence-electron chi connectivity index (χ2n) is 4.20. The minimum Gasteiger partial charge on any atom is -0.380 e. The molecule has 19 heavy (non-hydrogen) atoms. The molecule has 3 N–H and O–H groups in total. The first kappa shape index (κ1) is 14.4. The monoisotopic (exact) mass is 306 g/mol. The molecule has 1 heterocycles. The van der Waals surface area contributed by atoms with Gasteiger partial charge in [0.2, 0.25) is 20.0 Å². The molecule has 0 spiro atoms. The van der Waals surface area contributed by atoms with Gasteiger partial charge in [0.1, 0.15) is 0 Å². The van der Waals surface area contributed by atoms with E-state index in [2.05, 4.69) is 4.72 Å². The van der Waals surface area contributed by atoms with E-state index < -0.39 is 20.0 Å². The highest BCUT2D eigenvalue weighted by atomic mass is 32.2. The number of rotatable bonds is 4. The Morgan fingerprint density at radius 2 is 1.68 bits per heavy atom. The Balaban J connectivity index is 2.21. The van der Waals surface area contributed by atoms with Gasteiger partial charge in [-0.3, -0.25) is 0 Å². The van der Waals surface area contributed by atoms with E-state index in [1.54, 1.807) is 0 Å². The maximum Gasteiger partial charge on any atom is 0.240 e. The zero-order valence-electron chi connectivity index (χ0n) is 9.94. The first-order valence-corrected chi connectivity index (χ1v) is 8.55. The summed E-state index contributed by atoms with van der Waals surface area (Å²) in [5, 5.41) is 4.94. The van der Waals surface area contributed by atoms with Gasteiger partial charge in [-0.15, -0.1) is 0 Å². The van der Waals surface area contributed by atoms with E-state index >= 15 is 0 Å². The highest BCUT2D eigenvalue weighted by Gasteiger charge is 2.23. The van der Waals surface area contributed by atoms with Crippen molar-refractivity contribution in [2.45, 2.75) is 22.3 Å². The molecule has 1 aliphatic rings. The Kier molecular flexibility index (Phi) is 3.92. The third kappa shape index (κ3) is 3.51. The van der Waals surface area contributed by atoms with Crippen LogP contribution in [0.2, 0.25) is 0 Å². The van der Waals surface area contributed by atoms with Crippen LogP contribution in [0.4, 0.5) is 0 Å². The van der Waals surface area contributed by atoms with E-state index in [1.807, 2.05) is 0 Å². The van der Waals surface area contributed by atoms with Crippen molar-refractivity contribution in [3.05, 3.63) is 24.3 Å². The van der Waals surface area contributed by atoms with Gasteiger partial charge >= 0.3 is 0 Å². The summed E-state index contributed by atoms with van der Waals surface area (Å²) in [6.07, 6.45) is 0.620. The van der Waals surface area contributed by atoms with Crippen LogP contribution in [0.5, 0.6) is 0 Å². The van der Waals surface area contributed by atoms with Crippen LogP contribution in [0.3, 0.4) is 0 Å². The molecule has 1 unspecified atom stereocenters. The van der Waals surface area contributed by atoms with Crippen molar-refractivity contribution in [1.29, 1.82) is 0 Å². The number of ether oxygens (including phenoxy) is 1. The Morgan fingerprint density at radius 1 is 1.11 bits per heavy atom. The van der Waals surface area contributed by atoms with E-state index in [1.165, 1.54) is 12.1 Å². The molecular weight excluding hydrogens is 292 g/mol. The van der Waals surface area contributed by atoms with E-state index in [0.717, 1.165) is 12.1 Å². The summed E-state index contributed by atoms with van der Waals surface area (Å²) in [5.41, 5.74) is 0. The lowest BCUT2D eigenvalue weighted by molar-refractivity contribution is 0.192. The molecule has 1 aliphatic heterocycles. The molecule has 0 amide bonds. The van der Waals surface area contributed by atoms with Crippen molar-refractivity contribution >= 4 is 20.0 Å². The van der Waals surface area contributed by atoms with Crippen LogP contribution in [0.1, 0.15) is 6.42 Å². The van der Waals surface area contributed by atoms with Crippen molar-refractivity contribution in [3.63, 3.8) is 0 Å². The number of sulfonamides is 2. The highest BCUT2D eigenvalue weighted by molar-refractivity contribution is 7.89. The van der Waals surface area contributed by atoms with Crippen molar-refractivity contribution in [1.82, 2.24) is 4.72 Å². The average Bonchev–Trinajstić information content (AvgIpc) is 2.80. The van der Waals surface area contributed by atoms with Gasteiger partial charge in [0.15, 0.2) is 0 Å². The lowest BCUT2D eigenvalue weighted by atomic mass is 10.3. The maximum atomic E-state index is 12.0. The Hall–Kier alpha value is -1.00. The summed E-state index contributed by atoms with van der Waals surface area (Å²) in [6.45, 7) is 0.867. The van der Waals surface area contributed by atoms with Crippen LogP contribution in [0, 0.1) is 0 Å². The lowest BCUT2D eigenvalue weighted by Gasteiger charge is -2.11. The molecule has 1 saturated heterocycles. The second kappa shape index (κ2) is 5.17. The van der Waals surface area contributed by atoms with Crippen LogP contribution in [0.25, 0.3) is 0 Å². The highest BCUT2D eigenvalue weighted by Crippen LogP contribution is 2.15. The standard InChI is InChI=1S/C10H14N2O5S2/c11-18(13,14)9-1-3-10(4-2-9)19(15,16)12-8-5-6-17-7-8/h1-4,8,12H,5-7H2,(H2,11,13,14). The Bertz CT molecular complexity index is 646. The summed E-state index contributed by atoms with van der Waals surface area (Å²) in [6, 6.07) is 4.49. The molecule has 1 atom stereocenters. The van der Waals surface area contributed by atoms with Gasteiger partial charge in [-0.05, 0) is 30.7 Å². The number of hydrogen-bond donors (Lipinski definition) is 2. The molecule has 2 rings (SSSR count). The molecule has 0 saturated carbocycles. The van der Waals surface area contributed by atoms with Crippen molar-refractivity contribution in [3.8, 4) is 0 Å². The van der Waals surface area contributed by atoms with Crippen LogP contribution in [0.15, 0.2) is 34.1 Å². The van der Waals surface area contributed by atoms with Crippen molar-refractivity contribution in [2.75, 3.05) is 13.2 Å². The van der Waals surface area contributed by atoms with E-state index in [4.69, 9.17) is 9.88 Å². The lowest BCUT2D eigenvalue weighted by Crippen LogP contribution is -2.35. The van der Waals surface area contributed by atoms with Gasteiger partial charge < -0.3 is 4.74 Å². The molecular formula is C10H14N2O5S2. The topological polar surface area (TPSA) is 116 Å². The summed E-state index contributed by atoms with van der Waals surface area (Å²) in [7, 11) is -7.49. The first-order chi connectivity index (χ1) is 8.79. The molecule has 0 aromatic heterocycles. The largest absolute Gasteiger partial charge is 0.380 e. The van der Waals surface area contributed by atoms with Crippen LogP contribution in [-0.2, 0) is 24.8 Å². The fraction of sp³-hybridized carbons (Fsp3) is 0.400. The molecule has 7 nitrogen and oxygen atoms in total. The van der Waals surface area contributed by atoms with Crippen LogP contribution >= 0.6 is 0 Å². The third-order valence-corrected chi connectivity index (χ3v) is 5.18. The Morgan fingerprint density at radius 3 is 2.16 bits per heavy atom. The number of nitrogens with one attached hydrogen (secondary N) is 1. The van der Waals surface area contributed by atoms with Crippen LogP contribution < -0.4 is 9.86 Å². The maximum absolute atomic E-state index is 12.0. The molecule has 1 fully saturated rings. The zero-order valence-corrected chi connectivity index (χ0v) is 11.6. The fourth-order valence-electron chi connectivity index (χ4n) is 1.72. The zero-order chi connectivity index (χ0) is 14.1. The van der Waals surface area contributed by atoms with Crippen molar-refractivity contribution < 1.29 is 21.6 Å². The quantitative estimate of drug-likeness (QED) is 0.770. The fourth-order valence-corrected chi connectivity index (χ4v) is 3.49. The average molecular weight is 306 g/mol. The van der Waals surface area contributed by atoms with E-state index in [-0.39, 0.29) is 15.8 Å². The van der Waals surface area contributed by atoms with Gasteiger partial charge in [-0.2, -0.15) is 0 Å². The molecule has 106 valence electrons. The summed E-state index contributed by atoms with van der Waals surface area (Å²) >= 11 is 0. The number of benzene rings is 1. The number of hydrogen-bond acceptors (Lipinski definition) is 5.